The van der Waals surface area contributed by atoms with Crippen LogP contribution in [0.5, 0.6) is 0 Å². The molecular formula is C8H19NO2S. The zero-order chi connectivity index (χ0) is 9.23. The topological polar surface area (TPSA) is 30.5 Å². The van der Waals surface area contributed by atoms with Gasteiger partial charge in [0.05, 0.1) is 0 Å². The standard InChI is InChI=1S/C8H19NO2S/c1-10-8(11-2)7-9-5-4-6-12-3/h8-9H,4-7H2,1-3H3. The smallest absolute Gasteiger partial charge is 0.169 e. The second-order valence-electron chi connectivity index (χ2n) is 2.45. The average molecular weight is 193 g/mol. The predicted octanol–water partition coefficient (Wildman–Crippen LogP) is 0.948. The fraction of sp³-hybridized carbons (Fsp3) is 1.00. The molecule has 0 aromatic rings. The van der Waals surface area contributed by atoms with Crippen LogP contribution in [0.25, 0.3) is 0 Å². The van der Waals surface area contributed by atoms with E-state index in [0.29, 0.717) is 0 Å². The fourth-order valence-electron chi connectivity index (χ4n) is 0.824. The Morgan fingerprint density at radius 2 is 2.00 bits per heavy atom. The zero-order valence-corrected chi connectivity index (χ0v) is 8.95. The number of methoxy groups -OCH3 is 2. The molecule has 0 atom stereocenters. The van der Waals surface area contributed by atoms with Gasteiger partial charge in [-0.25, -0.2) is 0 Å². The van der Waals surface area contributed by atoms with Crippen molar-refractivity contribution >= 4 is 11.8 Å². The molecule has 0 heterocycles. The second kappa shape index (κ2) is 9.32. The summed E-state index contributed by atoms with van der Waals surface area (Å²) in [5, 5.41) is 3.26. The first-order valence-corrected chi connectivity index (χ1v) is 5.49. The molecule has 0 saturated heterocycles. The Hall–Kier alpha value is 0.230. The van der Waals surface area contributed by atoms with Gasteiger partial charge >= 0.3 is 0 Å². The highest BCUT2D eigenvalue weighted by atomic mass is 32.2. The van der Waals surface area contributed by atoms with Crippen LogP contribution in [0.15, 0.2) is 0 Å². The summed E-state index contributed by atoms with van der Waals surface area (Å²) in [7, 11) is 3.30. The summed E-state index contributed by atoms with van der Waals surface area (Å²) in [5.74, 6) is 1.21. The van der Waals surface area contributed by atoms with Crippen molar-refractivity contribution < 1.29 is 9.47 Å². The number of thioether (sulfide) groups is 1. The van der Waals surface area contributed by atoms with E-state index in [1.54, 1.807) is 14.2 Å². The Balaban J connectivity index is 3.06. The lowest BCUT2D eigenvalue weighted by molar-refractivity contribution is -0.0986. The van der Waals surface area contributed by atoms with Gasteiger partial charge in [0.2, 0.25) is 0 Å². The molecule has 0 aliphatic heterocycles. The number of hydrogen-bond acceptors (Lipinski definition) is 4. The van der Waals surface area contributed by atoms with Gasteiger partial charge in [-0.1, -0.05) is 0 Å². The van der Waals surface area contributed by atoms with Crippen molar-refractivity contribution in [1.82, 2.24) is 5.32 Å². The highest BCUT2D eigenvalue weighted by Gasteiger charge is 2.02. The molecule has 0 spiro atoms. The highest BCUT2D eigenvalue weighted by Crippen LogP contribution is 1.93. The van der Waals surface area contributed by atoms with Crippen LogP contribution in [0, 0.1) is 0 Å². The van der Waals surface area contributed by atoms with Crippen molar-refractivity contribution in [3.63, 3.8) is 0 Å². The number of hydrogen-bond donors (Lipinski definition) is 1. The highest BCUT2D eigenvalue weighted by molar-refractivity contribution is 7.98. The Kier molecular flexibility index (Phi) is 9.50. The molecule has 12 heavy (non-hydrogen) atoms. The maximum absolute atomic E-state index is 5.02. The van der Waals surface area contributed by atoms with Gasteiger partial charge in [-0.2, -0.15) is 11.8 Å². The summed E-state index contributed by atoms with van der Waals surface area (Å²) in [6, 6.07) is 0. The molecule has 74 valence electrons. The quantitative estimate of drug-likeness (QED) is 0.459. The Labute approximate surface area is 79.2 Å². The molecule has 0 unspecified atom stereocenters. The number of nitrogens with one attached hydrogen (secondary N) is 1. The van der Waals surface area contributed by atoms with Gasteiger partial charge in [0.25, 0.3) is 0 Å². The molecule has 3 nitrogen and oxygen atoms in total. The van der Waals surface area contributed by atoms with E-state index >= 15 is 0 Å². The minimum Gasteiger partial charge on any atom is -0.355 e. The van der Waals surface area contributed by atoms with Gasteiger partial charge in [-0.3, -0.25) is 0 Å². The maximum atomic E-state index is 5.02. The minimum atomic E-state index is -0.112. The van der Waals surface area contributed by atoms with Crippen LogP contribution in [0.3, 0.4) is 0 Å². The molecule has 4 heteroatoms. The number of rotatable bonds is 8. The van der Waals surface area contributed by atoms with E-state index < -0.39 is 0 Å². The first-order chi connectivity index (χ1) is 5.85. The summed E-state index contributed by atoms with van der Waals surface area (Å²) in [4.78, 5) is 0. The zero-order valence-electron chi connectivity index (χ0n) is 8.13. The predicted molar refractivity (Wildman–Crippen MR) is 53.7 cm³/mol. The van der Waals surface area contributed by atoms with Gasteiger partial charge in [-0.15, -0.1) is 0 Å². The molecule has 0 amide bonds. The third-order valence-corrected chi connectivity index (χ3v) is 2.24. The molecule has 0 saturated carbocycles. The fourth-order valence-corrected chi connectivity index (χ4v) is 1.26. The van der Waals surface area contributed by atoms with Crippen LogP contribution < -0.4 is 5.32 Å². The monoisotopic (exact) mass is 193 g/mol. The van der Waals surface area contributed by atoms with Crippen LogP contribution in [-0.2, 0) is 9.47 Å². The summed E-state index contributed by atoms with van der Waals surface area (Å²) in [6.45, 7) is 1.80. The van der Waals surface area contributed by atoms with Crippen molar-refractivity contribution in [2.45, 2.75) is 12.7 Å². The van der Waals surface area contributed by atoms with Crippen molar-refractivity contribution in [3.8, 4) is 0 Å². The first kappa shape index (κ1) is 12.2. The lowest BCUT2D eigenvalue weighted by atomic mass is 10.4. The van der Waals surface area contributed by atoms with Crippen LogP contribution >= 0.6 is 11.8 Å². The Morgan fingerprint density at radius 3 is 2.50 bits per heavy atom. The van der Waals surface area contributed by atoms with E-state index in [-0.39, 0.29) is 6.29 Å². The van der Waals surface area contributed by atoms with Gasteiger partial charge in [-0.05, 0) is 25.0 Å². The maximum Gasteiger partial charge on any atom is 0.169 e. The number of ether oxygens (including phenoxy) is 2. The van der Waals surface area contributed by atoms with Crippen LogP contribution in [0.1, 0.15) is 6.42 Å². The minimum absolute atomic E-state index is 0.112. The third kappa shape index (κ3) is 6.91. The molecule has 0 aliphatic carbocycles. The lowest BCUT2D eigenvalue weighted by Crippen LogP contribution is -2.30. The van der Waals surface area contributed by atoms with Crippen molar-refractivity contribution in [3.05, 3.63) is 0 Å². The van der Waals surface area contributed by atoms with E-state index in [0.717, 1.165) is 13.1 Å². The van der Waals surface area contributed by atoms with Gasteiger partial charge in [0.15, 0.2) is 6.29 Å². The molecule has 0 aromatic heterocycles. The summed E-state index contributed by atoms with van der Waals surface area (Å²) >= 11 is 1.87. The average Bonchev–Trinajstić information content (AvgIpc) is 2.11. The second-order valence-corrected chi connectivity index (χ2v) is 3.44. The van der Waals surface area contributed by atoms with E-state index in [1.165, 1.54) is 12.2 Å². The molecule has 0 aliphatic rings. The summed E-state index contributed by atoms with van der Waals surface area (Å²) < 4.78 is 10.0. The molecule has 0 fully saturated rings. The third-order valence-electron chi connectivity index (χ3n) is 1.54. The molecule has 0 rings (SSSR count). The lowest BCUT2D eigenvalue weighted by Gasteiger charge is -2.13. The summed E-state index contributed by atoms with van der Waals surface area (Å²) in [6.07, 6.45) is 3.20. The van der Waals surface area contributed by atoms with Gasteiger partial charge in [0, 0.05) is 20.8 Å². The van der Waals surface area contributed by atoms with E-state index in [9.17, 15) is 0 Å². The molecule has 0 radical (unpaired) electrons. The molecular weight excluding hydrogens is 174 g/mol. The van der Waals surface area contributed by atoms with Gasteiger partial charge < -0.3 is 14.8 Å². The molecule has 0 bridgehead atoms. The van der Waals surface area contributed by atoms with E-state index in [1.807, 2.05) is 11.8 Å². The van der Waals surface area contributed by atoms with E-state index in [4.69, 9.17) is 9.47 Å². The SMILES string of the molecule is COC(CNCCCSC)OC. The Morgan fingerprint density at radius 1 is 1.33 bits per heavy atom. The Bertz CT molecular complexity index is 89.1. The van der Waals surface area contributed by atoms with Crippen LogP contribution in [0.2, 0.25) is 0 Å². The first-order valence-electron chi connectivity index (χ1n) is 4.10. The largest absolute Gasteiger partial charge is 0.355 e. The van der Waals surface area contributed by atoms with Crippen molar-refractivity contribution in [1.29, 1.82) is 0 Å². The van der Waals surface area contributed by atoms with Gasteiger partial charge in [0.1, 0.15) is 0 Å². The molecule has 1 N–H and O–H groups in total. The molecule has 0 aromatic carbocycles. The van der Waals surface area contributed by atoms with E-state index in [2.05, 4.69) is 11.6 Å². The normalized spacial score (nSPS) is 11.0. The summed E-state index contributed by atoms with van der Waals surface area (Å²) in [5.41, 5.74) is 0. The van der Waals surface area contributed by atoms with Crippen LogP contribution in [-0.4, -0.2) is 45.6 Å². The van der Waals surface area contributed by atoms with Crippen molar-refractivity contribution in [2.24, 2.45) is 0 Å². The van der Waals surface area contributed by atoms with Crippen molar-refractivity contribution in [2.75, 3.05) is 39.3 Å². The van der Waals surface area contributed by atoms with Crippen LogP contribution in [0.4, 0.5) is 0 Å².